The number of rotatable bonds is 8. The number of hydrogen-bond donors (Lipinski definition) is 0. The number of likely N-dealkylation sites (tertiary alicyclic amines) is 1. The summed E-state index contributed by atoms with van der Waals surface area (Å²) in [5, 5.41) is 0. The molecule has 0 spiro atoms. The van der Waals surface area contributed by atoms with Gasteiger partial charge in [-0.3, -0.25) is 19.3 Å². The second kappa shape index (κ2) is 13.5. The molecule has 2 unspecified atom stereocenters. The number of para-hydroxylation sites is 1. The molecule has 2 atom stereocenters. The van der Waals surface area contributed by atoms with E-state index in [0.29, 0.717) is 43.7 Å². The van der Waals surface area contributed by atoms with Gasteiger partial charge in [-0.25, -0.2) is 4.98 Å². The summed E-state index contributed by atoms with van der Waals surface area (Å²) in [6.07, 6.45) is 12.6. The summed E-state index contributed by atoms with van der Waals surface area (Å²) in [5.41, 5.74) is 3.48. The van der Waals surface area contributed by atoms with Crippen LogP contribution in [-0.2, 0) is 27.3 Å². The van der Waals surface area contributed by atoms with Crippen molar-refractivity contribution in [3.05, 3.63) is 47.5 Å². The quantitative estimate of drug-likeness (QED) is 0.406. The third kappa shape index (κ3) is 6.24. The minimum atomic E-state index is -0.0278. The van der Waals surface area contributed by atoms with Crippen LogP contribution in [-0.4, -0.2) is 86.8 Å². The minimum absolute atomic E-state index is 0.0278. The van der Waals surface area contributed by atoms with Crippen LogP contribution in [0.15, 0.2) is 30.3 Å². The van der Waals surface area contributed by atoms with E-state index in [2.05, 4.69) is 33.4 Å². The maximum Gasteiger partial charge on any atom is 0.230 e. The molecular formula is C37H52N6O3. The monoisotopic (exact) mass is 628 g/mol. The third-order valence-corrected chi connectivity index (χ3v) is 11.9. The topological polar surface area (TPSA) is 82.0 Å². The lowest BCUT2D eigenvalue weighted by molar-refractivity contribution is -0.136. The predicted octanol–water partition coefficient (Wildman–Crippen LogP) is 5.12. The number of nitrogens with zero attached hydrogens (tertiary/aromatic N) is 6. The van der Waals surface area contributed by atoms with Crippen molar-refractivity contribution in [1.29, 1.82) is 0 Å². The molecule has 9 nitrogen and oxygen atoms in total. The van der Waals surface area contributed by atoms with Gasteiger partial charge >= 0.3 is 0 Å². The highest BCUT2D eigenvalue weighted by molar-refractivity contribution is 5.95. The van der Waals surface area contributed by atoms with Gasteiger partial charge < -0.3 is 19.3 Å². The molecule has 9 heteroatoms. The van der Waals surface area contributed by atoms with Crippen LogP contribution in [0.5, 0.6) is 0 Å². The van der Waals surface area contributed by atoms with Crippen molar-refractivity contribution in [1.82, 2.24) is 24.3 Å². The Hall–Kier alpha value is -3.20. The fourth-order valence-corrected chi connectivity index (χ4v) is 9.51. The maximum absolute atomic E-state index is 13.8. The van der Waals surface area contributed by atoms with Gasteiger partial charge in [-0.1, -0.05) is 31.0 Å². The molecule has 2 bridgehead atoms. The van der Waals surface area contributed by atoms with Gasteiger partial charge in [0.15, 0.2) is 0 Å². The van der Waals surface area contributed by atoms with Crippen LogP contribution < -0.4 is 4.90 Å². The molecule has 4 fully saturated rings. The molecule has 2 aromatic rings. The first kappa shape index (κ1) is 31.4. The van der Waals surface area contributed by atoms with Gasteiger partial charge in [0.2, 0.25) is 17.7 Å². The highest BCUT2D eigenvalue weighted by Crippen LogP contribution is 2.43. The van der Waals surface area contributed by atoms with Gasteiger partial charge in [-0.05, 0) is 76.8 Å². The van der Waals surface area contributed by atoms with Crippen LogP contribution in [0.2, 0.25) is 0 Å². The lowest BCUT2D eigenvalue weighted by Gasteiger charge is -2.41. The summed E-state index contributed by atoms with van der Waals surface area (Å²) in [6.45, 7) is 8.36. The number of fused-ring (bicyclic) bond motifs is 3. The van der Waals surface area contributed by atoms with E-state index >= 15 is 0 Å². The zero-order chi connectivity index (χ0) is 31.8. The van der Waals surface area contributed by atoms with Crippen LogP contribution in [0.1, 0.15) is 101 Å². The second-order valence-corrected chi connectivity index (χ2v) is 14.6. The third-order valence-electron chi connectivity index (χ3n) is 11.9. The Balaban J connectivity index is 0.970. The SMILES string of the molecule is CC(=O)N1CCC(C(=O)N(CCCN2C3CCC2CC(n2c(C)nc4c2CCN(C(=O)C2CCCC2)C4)C3)c2ccccc2)CC1. The summed E-state index contributed by atoms with van der Waals surface area (Å²) >= 11 is 0. The number of aromatic nitrogens is 2. The van der Waals surface area contributed by atoms with Crippen molar-refractivity contribution in [2.24, 2.45) is 11.8 Å². The van der Waals surface area contributed by atoms with E-state index in [1.807, 2.05) is 28.0 Å². The van der Waals surface area contributed by atoms with E-state index in [9.17, 15) is 14.4 Å². The van der Waals surface area contributed by atoms with E-state index in [1.54, 1.807) is 6.92 Å². The van der Waals surface area contributed by atoms with Gasteiger partial charge in [0, 0.05) is 87.4 Å². The highest BCUT2D eigenvalue weighted by atomic mass is 16.2. The highest BCUT2D eigenvalue weighted by Gasteiger charge is 2.43. The number of carbonyl (C=O) groups is 3. The van der Waals surface area contributed by atoms with Gasteiger partial charge in [-0.15, -0.1) is 0 Å². The molecule has 1 aromatic heterocycles. The Morgan fingerprint density at radius 2 is 1.54 bits per heavy atom. The Labute approximate surface area is 274 Å². The second-order valence-electron chi connectivity index (χ2n) is 14.6. The summed E-state index contributed by atoms with van der Waals surface area (Å²) < 4.78 is 2.56. The summed E-state index contributed by atoms with van der Waals surface area (Å²) in [4.78, 5) is 52.6. The normalized spacial score (nSPS) is 25.6. The largest absolute Gasteiger partial charge is 0.343 e. The van der Waals surface area contributed by atoms with Crippen LogP contribution in [0.25, 0.3) is 0 Å². The molecule has 3 saturated heterocycles. The first-order valence-electron chi connectivity index (χ1n) is 18.1. The molecule has 0 N–H and O–H groups in total. The maximum atomic E-state index is 13.8. The van der Waals surface area contributed by atoms with E-state index < -0.39 is 0 Å². The van der Waals surface area contributed by atoms with E-state index in [0.717, 1.165) is 88.2 Å². The summed E-state index contributed by atoms with van der Waals surface area (Å²) in [6, 6.07) is 11.8. The Morgan fingerprint density at radius 1 is 0.848 bits per heavy atom. The number of amides is 3. The van der Waals surface area contributed by atoms with Crippen molar-refractivity contribution in [2.75, 3.05) is 37.6 Å². The van der Waals surface area contributed by atoms with Crippen LogP contribution in [0.4, 0.5) is 5.69 Å². The van der Waals surface area contributed by atoms with Gasteiger partial charge in [0.1, 0.15) is 5.82 Å². The molecule has 5 heterocycles. The average molecular weight is 629 g/mol. The number of piperidine rings is 2. The molecule has 5 aliphatic rings. The summed E-state index contributed by atoms with van der Waals surface area (Å²) in [7, 11) is 0. The Kier molecular flexibility index (Phi) is 9.21. The van der Waals surface area contributed by atoms with Gasteiger partial charge in [-0.2, -0.15) is 0 Å². The number of anilines is 1. The first-order valence-corrected chi connectivity index (χ1v) is 18.1. The number of imidazole rings is 1. The smallest absolute Gasteiger partial charge is 0.230 e. The lowest BCUT2D eigenvalue weighted by atomic mass is 9.94. The standard InChI is InChI=1S/C37H52N6O3/c1-26-38-34-25-40(36(45)28-9-6-7-10-28)22-17-35(34)43(26)33-23-31-13-14-32(24-33)41(31)18-8-19-42(30-11-4-3-5-12-30)37(46)29-15-20-39(21-16-29)27(2)44/h3-5,11-12,28-29,31-33H,6-10,13-25H2,1-2H3. The molecule has 46 heavy (non-hydrogen) atoms. The molecule has 1 aliphatic carbocycles. The van der Waals surface area contributed by atoms with Crippen LogP contribution in [0.3, 0.4) is 0 Å². The Bertz CT molecular complexity index is 1400. The van der Waals surface area contributed by atoms with E-state index in [1.165, 1.54) is 31.4 Å². The molecular weight excluding hydrogens is 576 g/mol. The molecule has 4 aliphatic heterocycles. The number of hydrogen-bond acceptors (Lipinski definition) is 5. The van der Waals surface area contributed by atoms with Crippen molar-refractivity contribution in [3.63, 3.8) is 0 Å². The molecule has 248 valence electrons. The van der Waals surface area contributed by atoms with Crippen molar-refractivity contribution in [3.8, 4) is 0 Å². The summed E-state index contributed by atoms with van der Waals surface area (Å²) in [5.74, 6) is 1.98. The molecule has 3 amide bonds. The van der Waals surface area contributed by atoms with Crippen molar-refractivity contribution >= 4 is 23.4 Å². The number of benzene rings is 1. The van der Waals surface area contributed by atoms with Crippen molar-refractivity contribution in [2.45, 2.75) is 116 Å². The van der Waals surface area contributed by atoms with Gasteiger partial charge in [0.05, 0.1) is 12.2 Å². The zero-order valence-electron chi connectivity index (χ0n) is 27.9. The molecule has 1 aromatic carbocycles. The van der Waals surface area contributed by atoms with Crippen LogP contribution in [0, 0.1) is 18.8 Å². The molecule has 1 saturated carbocycles. The van der Waals surface area contributed by atoms with Gasteiger partial charge in [0.25, 0.3) is 0 Å². The fraction of sp³-hybridized carbons (Fsp3) is 0.676. The lowest BCUT2D eigenvalue weighted by Crippen LogP contribution is -2.46. The molecule has 0 radical (unpaired) electrons. The Morgan fingerprint density at radius 3 is 2.22 bits per heavy atom. The minimum Gasteiger partial charge on any atom is -0.343 e. The van der Waals surface area contributed by atoms with E-state index in [4.69, 9.17) is 4.98 Å². The molecule has 7 rings (SSSR count). The average Bonchev–Trinajstić information content (AvgIpc) is 3.78. The van der Waals surface area contributed by atoms with E-state index in [-0.39, 0.29) is 23.7 Å². The first-order chi connectivity index (χ1) is 22.4. The zero-order valence-corrected chi connectivity index (χ0v) is 27.9. The predicted molar refractivity (Wildman–Crippen MR) is 178 cm³/mol. The fourth-order valence-electron chi connectivity index (χ4n) is 9.51. The van der Waals surface area contributed by atoms with Crippen molar-refractivity contribution < 1.29 is 14.4 Å². The number of carbonyl (C=O) groups excluding carboxylic acids is 3. The van der Waals surface area contributed by atoms with Crippen LogP contribution >= 0.6 is 0 Å². The number of aryl methyl sites for hydroxylation is 1.